The smallest absolute Gasteiger partial charge is 0.203 e. The van der Waals surface area contributed by atoms with Gasteiger partial charge in [-0.25, -0.2) is 4.98 Å². The summed E-state index contributed by atoms with van der Waals surface area (Å²) in [6.07, 6.45) is 1.26. The highest BCUT2D eigenvalue weighted by Crippen LogP contribution is 2.30. The number of oxazole rings is 1. The summed E-state index contributed by atoms with van der Waals surface area (Å²) in [5.41, 5.74) is 0.301. The highest BCUT2D eigenvalue weighted by atomic mass is 35.5. The van der Waals surface area contributed by atoms with Crippen LogP contribution < -0.4 is 0 Å². The van der Waals surface area contributed by atoms with E-state index in [0.717, 1.165) is 4.90 Å². The predicted octanol–water partition coefficient (Wildman–Crippen LogP) is 3.35. The Morgan fingerprint density at radius 3 is 2.73 bits per heavy atom. The summed E-state index contributed by atoms with van der Waals surface area (Å²) >= 11 is 7.10. The molecule has 0 aliphatic heterocycles. The molecule has 2 rings (SSSR count). The summed E-state index contributed by atoms with van der Waals surface area (Å²) in [7, 11) is 0. The van der Waals surface area contributed by atoms with Crippen LogP contribution in [0.4, 0.5) is 0 Å². The fraction of sp³-hybridized carbons (Fsp3) is 0. The van der Waals surface area contributed by atoms with Gasteiger partial charge in [-0.05, 0) is 36.0 Å². The van der Waals surface area contributed by atoms with Gasteiger partial charge in [0, 0.05) is 9.92 Å². The van der Waals surface area contributed by atoms with Crippen molar-refractivity contribution in [1.29, 1.82) is 5.26 Å². The average Bonchev–Trinajstić information content (AvgIpc) is 2.69. The number of hydrogen-bond donors (Lipinski definition) is 0. The number of rotatable bonds is 2. The Labute approximate surface area is 95.7 Å². The standard InChI is InChI=1S/C10H5ClN2OS/c11-7-1-3-8(4-2-7)15-10-9(5-12)13-6-14-10/h1-4,6H. The summed E-state index contributed by atoms with van der Waals surface area (Å²) in [5.74, 6) is 0. The SMILES string of the molecule is N#Cc1ncoc1Sc1ccc(Cl)cc1. The maximum absolute atomic E-state index is 8.72. The molecule has 0 saturated carbocycles. The van der Waals surface area contributed by atoms with Gasteiger partial charge in [-0.1, -0.05) is 11.6 Å². The van der Waals surface area contributed by atoms with Gasteiger partial charge in [0.05, 0.1) is 0 Å². The lowest BCUT2D eigenvalue weighted by Gasteiger charge is -1.97. The number of benzene rings is 1. The number of aromatic nitrogens is 1. The van der Waals surface area contributed by atoms with Crippen LogP contribution in [-0.2, 0) is 0 Å². The van der Waals surface area contributed by atoms with Crippen molar-refractivity contribution in [3.05, 3.63) is 41.4 Å². The van der Waals surface area contributed by atoms with Crippen molar-refractivity contribution < 1.29 is 4.42 Å². The second-order valence-electron chi connectivity index (χ2n) is 2.66. The molecule has 0 atom stereocenters. The van der Waals surface area contributed by atoms with Crippen LogP contribution in [0.15, 0.2) is 45.1 Å². The molecule has 1 aromatic carbocycles. The monoisotopic (exact) mass is 236 g/mol. The van der Waals surface area contributed by atoms with E-state index in [9.17, 15) is 0 Å². The molecule has 2 aromatic rings. The maximum atomic E-state index is 8.72. The van der Waals surface area contributed by atoms with Gasteiger partial charge in [0.25, 0.3) is 0 Å². The van der Waals surface area contributed by atoms with E-state index in [1.165, 1.54) is 18.2 Å². The molecular formula is C10H5ClN2OS. The molecule has 0 aliphatic carbocycles. The molecule has 3 nitrogen and oxygen atoms in total. The van der Waals surface area contributed by atoms with E-state index in [2.05, 4.69) is 4.98 Å². The van der Waals surface area contributed by atoms with Crippen molar-refractivity contribution in [2.24, 2.45) is 0 Å². The summed E-state index contributed by atoms with van der Waals surface area (Å²) in [4.78, 5) is 4.73. The van der Waals surface area contributed by atoms with Crippen LogP contribution in [0.3, 0.4) is 0 Å². The fourth-order valence-electron chi connectivity index (χ4n) is 0.992. The van der Waals surface area contributed by atoms with E-state index in [4.69, 9.17) is 21.3 Å². The van der Waals surface area contributed by atoms with Crippen LogP contribution in [0.1, 0.15) is 5.69 Å². The topological polar surface area (TPSA) is 49.8 Å². The van der Waals surface area contributed by atoms with Gasteiger partial charge in [0.1, 0.15) is 6.07 Å². The molecule has 0 amide bonds. The Hall–Kier alpha value is -1.44. The summed E-state index contributed by atoms with van der Waals surface area (Å²) < 4.78 is 5.09. The quantitative estimate of drug-likeness (QED) is 0.802. The predicted molar refractivity (Wildman–Crippen MR) is 56.8 cm³/mol. The third-order valence-electron chi connectivity index (χ3n) is 1.66. The van der Waals surface area contributed by atoms with E-state index >= 15 is 0 Å². The van der Waals surface area contributed by atoms with Gasteiger partial charge >= 0.3 is 0 Å². The molecule has 0 bridgehead atoms. The van der Waals surface area contributed by atoms with E-state index in [0.29, 0.717) is 15.8 Å². The molecule has 0 spiro atoms. The van der Waals surface area contributed by atoms with E-state index in [1.807, 2.05) is 18.2 Å². The zero-order valence-corrected chi connectivity index (χ0v) is 9.05. The Kier molecular flexibility index (Phi) is 2.95. The lowest BCUT2D eigenvalue weighted by Crippen LogP contribution is -1.76. The van der Waals surface area contributed by atoms with Crippen LogP contribution in [0.25, 0.3) is 0 Å². The molecule has 0 saturated heterocycles. The van der Waals surface area contributed by atoms with Crippen LogP contribution >= 0.6 is 23.4 Å². The third kappa shape index (κ3) is 2.32. The first-order valence-corrected chi connectivity index (χ1v) is 5.26. The zero-order valence-electron chi connectivity index (χ0n) is 7.48. The summed E-state index contributed by atoms with van der Waals surface area (Å²) in [6, 6.07) is 9.24. The van der Waals surface area contributed by atoms with E-state index in [1.54, 1.807) is 12.1 Å². The van der Waals surface area contributed by atoms with Gasteiger partial charge < -0.3 is 4.42 Å². The average molecular weight is 237 g/mol. The minimum atomic E-state index is 0.301. The van der Waals surface area contributed by atoms with Crippen LogP contribution in [-0.4, -0.2) is 4.98 Å². The molecule has 0 unspecified atom stereocenters. The Bertz CT molecular complexity index is 501. The van der Waals surface area contributed by atoms with Crippen LogP contribution in [0, 0.1) is 11.3 Å². The molecule has 5 heteroatoms. The minimum Gasteiger partial charge on any atom is -0.435 e. The molecule has 1 heterocycles. The van der Waals surface area contributed by atoms with Crippen molar-refractivity contribution in [2.45, 2.75) is 9.99 Å². The first-order chi connectivity index (χ1) is 7.29. The Balaban J connectivity index is 2.23. The highest BCUT2D eigenvalue weighted by molar-refractivity contribution is 7.99. The lowest BCUT2D eigenvalue weighted by molar-refractivity contribution is 0.468. The summed E-state index contributed by atoms with van der Waals surface area (Å²) in [6.45, 7) is 0. The van der Waals surface area contributed by atoms with Crippen molar-refractivity contribution in [1.82, 2.24) is 4.98 Å². The fourth-order valence-corrected chi connectivity index (χ4v) is 1.89. The molecule has 74 valence electrons. The largest absolute Gasteiger partial charge is 0.435 e. The Morgan fingerprint density at radius 2 is 2.07 bits per heavy atom. The van der Waals surface area contributed by atoms with Gasteiger partial charge in [-0.3, -0.25) is 0 Å². The van der Waals surface area contributed by atoms with Crippen LogP contribution in [0.2, 0.25) is 5.02 Å². The van der Waals surface area contributed by atoms with Crippen molar-refractivity contribution in [3.8, 4) is 6.07 Å². The van der Waals surface area contributed by atoms with Gasteiger partial charge in [-0.15, -0.1) is 0 Å². The number of hydrogen-bond acceptors (Lipinski definition) is 4. The molecule has 0 fully saturated rings. The first-order valence-electron chi connectivity index (χ1n) is 4.06. The second kappa shape index (κ2) is 4.39. The number of nitriles is 1. The zero-order chi connectivity index (χ0) is 10.7. The Morgan fingerprint density at radius 1 is 1.33 bits per heavy atom. The van der Waals surface area contributed by atoms with Gasteiger partial charge in [-0.2, -0.15) is 5.26 Å². The normalized spacial score (nSPS) is 9.87. The van der Waals surface area contributed by atoms with Crippen LogP contribution in [0.5, 0.6) is 0 Å². The van der Waals surface area contributed by atoms with Crippen molar-refractivity contribution in [3.63, 3.8) is 0 Å². The molecule has 1 aromatic heterocycles. The maximum Gasteiger partial charge on any atom is 0.203 e. The summed E-state index contributed by atoms with van der Waals surface area (Å²) in [5, 5.41) is 9.90. The minimum absolute atomic E-state index is 0.301. The molecule has 0 aliphatic rings. The van der Waals surface area contributed by atoms with Crippen molar-refractivity contribution >= 4 is 23.4 Å². The van der Waals surface area contributed by atoms with Gasteiger partial charge in [0.15, 0.2) is 12.1 Å². The van der Waals surface area contributed by atoms with E-state index in [-0.39, 0.29) is 0 Å². The van der Waals surface area contributed by atoms with Gasteiger partial charge in [0.2, 0.25) is 5.09 Å². The third-order valence-corrected chi connectivity index (χ3v) is 2.90. The molecular weight excluding hydrogens is 232 g/mol. The van der Waals surface area contributed by atoms with Crippen molar-refractivity contribution in [2.75, 3.05) is 0 Å². The lowest BCUT2D eigenvalue weighted by atomic mass is 10.4. The first kappa shape index (κ1) is 10.1. The molecule has 0 N–H and O–H groups in total. The number of nitrogens with zero attached hydrogens (tertiary/aromatic N) is 2. The molecule has 15 heavy (non-hydrogen) atoms. The second-order valence-corrected chi connectivity index (χ2v) is 4.14. The highest BCUT2D eigenvalue weighted by Gasteiger charge is 2.08. The number of halogens is 1. The molecule has 0 radical (unpaired) electrons. The van der Waals surface area contributed by atoms with E-state index < -0.39 is 0 Å².